The highest BCUT2D eigenvalue weighted by Gasteiger charge is 1.91. The van der Waals surface area contributed by atoms with Crippen molar-refractivity contribution < 1.29 is 0 Å². The van der Waals surface area contributed by atoms with E-state index in [1.807, 2.05) is 0 Å². The number of nitrogens with two attached hydrogens (primary N) is 1. The van der Waals surface area contributed by atoms with E-state index in [0.29, 0.717) is 6.04 Å². The van der Waals surface area contributed by atoms with E-state index in [9.17, 15) is 0 Å². The van der Waals surface area contributed by atoms with Crippen molar-refractivity contribution in [3.63, 3.8) is 0 Å². The molecule has 3 N–H and O–H groups in total. The summed E-state index contributed by atoms with van der Waals surface area (Å²) in [6, 6.07) is 0.477. The molecule has 0 radical (unpaired) electrons. The van der Waals surface area contributed by atoms with Crippen molar-refractivity contribution >= 4 is 0 Å². The lowest BCUT2D eigenvalue weighted by Gasteiger charge is -2.05. The van der Waals surface area contributed by atoms with Gasteiger partial charge < -0.3 is 0 Å². The number of rotatable bonds is 3. The van der Waals surface area contributed by atoms with Crippen LogP contribution in [0.3, 0.4) is 0 Å². The number of hydrogen-bond donors (Lipinski definition) is 2. The molecule has 44 valence electrons. The van der Waals surface area contributed by atoms with E-state index < -0.39 is 0 Å². The summed E-state index contributed by atoms with van der Waals surface area (Å²) < 4.78 is 0. The van der Waals surface area contributed by atoms with Crippen molar-refractivity contribution in [2.45, 2.75) is 32.7 Å². The van der Waals surface area contributed by atoms with Gasteiger partial charge in [0.05, 0.1) is 0 Å². The molecule has 1 atom stereocenters. The van der Waals surface area contributed by atoms with Gasteiger partial charge in [0.2, 0.25) is 0 Å². The average molecular weight is 102 g/mol. The van der Waals surface area contributed by atoms with Crippen molar-refractivity contribution in [2.75, 3.05) is 0 Å². The molecular weight excluding hydrogens is 88.1 g/mol. The van der Waals surface area contributed by atoms with Crippen LogP contribution in [-0.4, -0.2) is 6.04 Å². The maximum absolute atomic E-state index is 5.11. The van der Waals surface area contributed by atoms with Gasteiger partial charge in [-0.3, -0.25) is 11.3 Å². The van der Waals surface area contributed by atoms with Gasteiger partial charge in [-0.05, 0) is 13.3 Å². The summed E-state index contributed by atoms with van der Waals surface area (Å²) >= 11 is 0. The van der Waals surface area contributed by atoms with Crippen molar-refractivity contribution in [2.24, 2.45) is 5.84 Å². The third-order valence-corrected chi connectivity index (χ3v) is 1.01. The van der Waals surface area contributed by atoms with Crippen LogP contribution in [0.25, 0.3) is 0 Å². The smallest absolute Gasteiger partial charge is 0.0182 e. The molecule has 2 nitrogen and oxygen atoms in total. The third kappa shape index (κ3) is 3.76. The number of hydrogen-bond acceptors (Lipinski definition) is 2. The maximum Gasteiger partial charge on any atom is 0.0182 e. The fourth-order valence-electron chi connectivity index (χ4n) is 0.516. The third-order valence-electron chi connectivity index (χ3n) is 1.01. The summed E-state index contributed by atoms with van der Waals surface area (Å²) in [7, 11) is 0. The van der Waals surface area contributed by atoms with E-state index in [1.165, 1.54) is 6.42 Å². The van der Waals surface area contributed by atoms with E-state index in [0.717, 1.165) is 6.42 Å². The van der Waals surface area contributed by atoms with Gasteiger partial charge in [0.25, 0.3) is 0 Å². The summed E-state index contributed by atoms with van der Waals surface area (Å²) in [6.45, 7) is 4.22. The van der Waals surface area contributed by atoms with Crippen LogP contribution >= 0.6 is 0 Å². The second-order valence-corrected chi connectivity index (χ2v) is 1.86. The number of hydrazine groups is 1. The Morgan fingerprint density at radius 1 is 1.71 bits per heavy atom. The van der Waals surface area contributed by atoms with Gasteiger partial charge in [-0.15, -0.1) is 0 Å². The second-order valence-electron chi connectivity index (χ2n) is 1.86. The molecule has 0 aromatic carbocycles. The predicted molar refractivity (Wildman–Crippen MR) is 31.7 cm³/mol. The zero-order chi connectivity index (χ0) is 5.70. The Morgan fingerprint density at radius 3 is 2.43 bits per heavy atom. The fourth-order valence-corrected chi connectivity index (χ4v) is 0.516. The lowest BCUT2D eigenvalue weighted by atomic mass is 10.2. The summed E-state index contributed by atoms with van der Waals surface area (Å²) in [5.74, 6) is 5.11. The normalized spacial score (nSPS) is 14.1. The average Bonchev–Trinajstić information content (AvgIpc) is 1.68. The lowest BCUT2D eigenvalue weighted by molar-refractivity contribution is 0.525. The van der Waals surface area contributed by atoms with E-state index in [-0.39, 0.29) is 0 Å². The molecule has 0 aliphatic heterocycles. The Balaban J connectivity index is 2.83. The highest BCUT2D eigenvalue weighted by atomic mass is 15.2. The van der Waals surface area contributed by atoms with Crippen LogP contribution < -0.4 is 11.3 Å². The van der Waals surface area contributed by atoms with Crippen LogP contribution in [0.1, 0.15) is 26.7 Å². The molecular formula is C5H14N2. The van der Waals surface area contributed by atoms with Crippen molar-refractivity contribution in [3.8, 4) is 0 Å². The molecule has 0 aromatic rings. The molecule has 0 amide bonds. The first-order chi connectivity index (χ1) is 3.31. The first-order valence-electron chi connectivity index (χ1n) is 2.77. The van der Waals surface area contributed by atoms with E-state index in [1.54, 1.807) is 0 Å². The Kier molecular flexibility index (Phi) is 4.04. The second kappa shape index (κ2) is 4.09. The van der Waals surface area contributed by atoms with E-state index in [4.69, 9.17) is 5.84 Å². The van der Waals surface area contributed by atoms with Gasteiger partial charge in [-0.25, -0.2) is 0 Å². The summed E-state index contributed by atoms with van der Waals surface area (Å²) in [6.07, 6.45) is 2.36. The highest BCUT2D eigenvalue weighted by Crippen LogP contribution is 1.90. The molecule has 0 spiro atoms. The first-order valence-corrected chi connectivity index (χ1v) is 2.77. The monoisotopic (exact) mass is 102 g/mol. The lowest BCUT2D eigenvalue weighted by Crippen LogP contribution is -2.32. The van der Waals surface area contributed by atoms with Gasteiger partial charge in [-0.2, -0.15) is 0 Å². The van der Waals surface area contributed by atoms with Gasteiger partial charge in [0.15, 0.2) is 0 Å². The zero-order valence-electron chi connectivity index (χ0n) is 5.07. The Morgan fingerprint density at radius 2 is 2.29 bits per heavy atom. The van der Waals surface area contributed by atoms with E-state index in [2.05, 4.69) is 19.3 Å². The molecule has 0 rings (SSSR count). The van der Waals surface area contributed by atoms with Crippen molar-refractivity contribution in [1.29, 1.82) is 0 Å². The minimum Gasteiger partial charge on any atom is -0.271 e. The molecule has 0 fully saturated rings. The fraction of sp³-hybridized carbons (Fsp3) is 1.00. The van der Waals surface area contributed by atoms with Gasteiger partial charge in [-0.1, -0.05) is 13.3 Å². The highest BCUT2D eigenvalue weighted by molar-refractivity contribution is 4.51. The number of nitrogens with one attached hydrogen (secondary N) is 1. The van der Waals surface area contributed by atoms with Gasteiger partial charge >= 0.3 is 0 Å². The molecule has 2 heteroatoms. The van der Waals surface area contributed by atoms with Gasteiger partial charge in [0.1, 0.15) is 0 Å². The van der Waals surface area contributed by atoms with E-state index >= 15 is 0 Å². The van der Waals surface area contributed by atoms with Gasteiger partial charge in [0, 0.05) is 6.04 Å². The quantitative estimate of drug-likeness (QED) is 0.405. The Hall–Kier alpha value is -0.0800. The Bertz CT molecular complexity index is 37.1. The van der Waals surface area contributed by atoms with Crippen LogP contribution in [0.15, 0.2) is 0 Å². The molecule has 0 aliphatic carbocycles. The van der Waals surface area contributed by atoms with Crippen LogP contribution in [0, 0.1) is 0 Å². The zero-order valence-corrected chi connectivity index (χ0v) is 5.07. The minimum absolute atomic E-state index is 0.477. The summed E-state index contributed by atoms with van der Waals surface area (Å²) in [5, 5.41) is 0. The summed E-state index contributed by atoms with van der Waals surface area (Å²) in [5.41, 5.74) is 2.67. The maximum atomic E-state index is 5.11. The summed E-state index contributed by atoms with van der Waals surface area (Å²) in [4.78, 5) is 0. The van der Waals surface area contributed by atoms with Crippen LogP contribution in [0.4, 0.5) is 0 Å². The van der Waals surface area contributed by atoms with Crippen molar-refractivity contribution in [3.05, 3.63) is 0 Å². The molecule has 0 aromatic heterocycles. The molecule has 0 heterocycles. The molecule has 0 unspecified atom stereocenters. The molecule has 0 aliphatic rings. The minimum atomic E-state index is 0.477. The molecule has 0 bridgehead atoms. The molecule has 7 heavy (non-hydrogen) atoms. The predicted octanol–water partition coefficient (Wildman–Crippen LogP) is 0.638. The topological polar surface area (TPSA) is 38.0 Å². The standard InChI is InChI=1S/C5H14N2/c1-3-4-5(2)7-6/h5,7H,3-4,6H2,1-2H3/t5-/m0/s1. The van der Waals surface area contributed by atoms with Crippen LogP contribution in [0.5, 0.6) is 0 Å². The Labute approximate surface area is 45.1 Å². The molecule has 0 saturated carbocycles. The van der Waals surface area contributed by atoms with Crippen LogP contribution in [-0.2, 0) is 0 Å². The van der Waals surface area contributed by atoms with Crippen molar-refractivity contribution in [1.82, 2.24) is 5.43 Å². The molecule has 0 saturated heterocycles. The van der Waals surface area contributed by atoms with Crippen LogP contribution in [0.2, 0.25) is 0 Å². The SMILES string of the molecule is CCC[C@H](C)NN. The first kappa shape index (κ1) is 6.92. The largest absolute Gasteiger partial charge is 0.271 e.